The van der Waals surface area contributed by atoms with Gasteiger partial charge >= 0.3 is 0 Å². The summed E-state index contributed by atoms with van der Waals surface area (Å²) in [4.78, 5) is 29.1. The van der Waals surface area contributed by atoms with Gasteiger partial charge in [-0.2, -0.15) is 0 Å². The predicted octanol–water partition coefficient (Wildman–Crippen LogP) is 1.22. The van der Waals surface area contributed by atoms with E-state index in [1.54, 1.807) is 31.4 Å². The monoisotopic (exact) mass is 299 g/mol. The average molecular weight is 299 g/mol. The van der Waals surface area contributed by atoms with Crippen molar-refractivity contribution in [3.8, 4) is 5.75 Å². The van der Waals surface area contributed by atoms with Gasteiger partial charge in [-0.15, -0.1) is 0 Å². The van der Waals surface area contributed by atoms with Gasteiger partial charge in [0.05, 0.1) is 7.11 Å². The number of nitrogens with two attached hydrogens (primary N) is 1. The number of carbonyl (C=O) groups is 2. The Labute approximate surface area is 128 Å². The molecule has 2 aromatic rings. The fourth-order valence-electron chi connectivity index (χ4n) is 2.03. The summed E-state index contributed by atoms with van der Waals surface area (Å²) in [7, 11) is 1.57. The minimum atomic E-state index is -0.577. The lowest BCUT2D eigenvalue weighted by atomic mass is 10.2. The molecule has 2 N–H and O–H groups in total. The summed E-state index contributed by atoms with van der Waals surface area (Å²) in [6.45, 7) is 0.0716. The van der Waals surface area contributed by atoms with E-state index in [1.165, 1.54) is 11.1 Å². The van der Waals surface area contributed by atoms with Crippen molar-refractivity contribution < 1.29 is 14.3 Å². The number of carbonyl (C=O) groups excluding carboxylic acids is 2. The molecule has 6 nitrogen and oxygen atoms in total. The molecule has 22 heavy (non-hydrogen) atoms. The van der Waals surface area contributed by atoms with Crippen LogP contribution in [0.1, 0.15) is 16.1 Å². The van der Waals surface area contributed by atoms with Crippen molar-refractivity contribution in [2.75, 3.05) is 13.7 Å². The lowest BCUT2D eigenvalue weighted by molar-refractivity contribution is -0.118. The first-order valence-electron chi connectivity index (χ1n) is 6.71. The number of ether oxygens (including phenoxy) is 1. The highest BCUT2D eigenvalue weighted by molar-refractivity contribution is 5.94. The largest absolute Gasteiger partial charge is 0.497 e. The van der Waals surface area contributed by atoms with Crippen LogP contribution in [0.3, 0.4) is 0 Å². The SMILES string of the molecule is COc1cccc(CN(CC(N)=O)C(=O)c2ccccn2)c1. The highest BCUT2D eigenvalue weighted by atomic mass is 16.5. The topological polar surface area (TPSA) is 85.5 Å². The molecule has 2 rings (SSSR count). The molecular formula is C16H17N3O3. The molecule has 0 atom stereocenters. The van der Waals surface area contributed by atoms with Crippen LogP contribution in [0.25, 0.3) is 0 Å². The molecule has 0 spiro atoms. The Morgan fingerprint density at radius 1 is 1.23 bits per heavy atom. The van der Waals surface area contributed by atoms with E-state index in [-0.39, 0.29) is 24.7 Å². The summed E-state index contributed by atoms with van der Waals surface area (Å²) in [5.41, 5.74) is 6.35. The molecule has 0 aliphatic rings. The number of nitrogens with zero attached hydrogens (tertiary/aromatic N) is 2. The first kappa shape index (κ1) is 15.5. The van der Waals surface area contributed by atoms with Crippen molar-refractivity contribution in [1.29, 1.82) is 0 Å². The van der Waals surface area contributed by atoms with Crippen LogP contribution in [0.15, 0.2) is 48.7 Å². The Morgan fingerprint density at radius 3 is 2.68 bits per heavy atom. The molecule has 0 bridgehead atoms. The van der Waals surface area contributed by atoms with Crippen LogP contribution >= 0.6 is 0 Å². The molecule has 0 fully saturated rings. The third-order valence-electron chi connectivity index (χ3n) is 3.03. The first-order valence-corrected chi connectivity index (χ1v) is 6.71. The van der Waals surface area contributed by atoms with Gasteiger partial charge in [0.25, 0.3) is 5.91 Å². The molecular weight excluding hydrogens is 282 g/mol. The Balaban J connectivity index is 2.22. The Kier molecular flexibility index (Phi) is 5.08. The summed E-state index contributed by atoms with van der Waals surface area (Å²) >= 11 is 0. The number of rotatable bonds is 6. The zero-order valence-corrected chi connectivity index (χ0v) is 12.2. The Morgan fingerprint density at radius 2 is 2.05 bits per heavy atom. The molecule has 1 aromatic heterocycles. The summed E-state index contributed by atoms with van der Waals surface area (Å²) in [6.07, 6.45) is 1.53. The fourth-order valence-corrected chi connectivity index (χ4v) is 2.03. The van der Waals surface area contributed by atoms with Gasteiger partial charge in [-0.05, 0) is 29.8 Å². The molecule has 0 saturated heterocycles. The smallest absolute Gasteiger partial charge is 0.273 e. The molecule has 0 radical (unpaired) electrons. The third-order valence-corrected chi connectivity index (χ3v) is 3.03. The van der Waals surface area contributed by atoms with Crippen LogP contribution in [-0.2, 0) is 11.3 Å². The maximum absolute atomic E-state index is 12.5. The number of aromatic nitrogens is 1. The fraction of sp³-hybridized carbons (Fsp3) is 0.188. The minimum absolute atomic E-state index is 0.174. The van der Waals surface area contributed by atoms with Crippen molar-refractivity contribution in [3.05, 3.63) is 59.9 Å². The van der Waals surface area contributed by atoms with E-state index in [0.717, 1.165) is 5.56 Å². The second-order valence-electron chi connectivity index (χ2n) is 4.69. The van der Waals surface area contributed by atoms with Crippen molar-refractivity contribution in [3.63, 3.8) is 0 Å². The van der Waals surface area contributed by atoms with Crippen LogP contribution in [-0.4, -0.2) is 35.4 Å². The standard InChI is InChI=1S/C16H17N3O3/c1-22-13-6-4-5-12(9-13)10-19(11-15(17)20)16(21)14-7-2-3-8-18-14/h2-9H,10-11H2,1H3,(H2,17,20). The van der Waals surface area contributed by atoms with E-state index in [0.29, 0.717) is 5.75 Å². The normalized spacial score (nSPS) is 10.0. The van der Waals surface area contributed by atoms with Gasteiger partial charge in [0.15, 0.2) is 0 Å². The van der Waals surface area contributed by atoms with Gasteiger partial charge in [0.1, 0.15) is 18.0 Å². The number of methoxy groups -OCH3 is 1. The van der Waals surface area contributed by atoms with Crippen molar-refractivity contribution in [2.45, 2.75) is 6.54 Å². The van der Waals surface area contributed by atoms with Crippen molar-refractivity contribution >= 4 is 11.8 Å². The van der Waals surface area contributed by atoms with Crippen LogP contribution in [0.5, 0.6) is 5.75 Å². The van der Waals surface area contributed by atoms with E-state index in [4.69, 9.17) is 10.5 Å². The van der Waals surface area contributed by atoms with Crippen LogP contribution in [0, 0.1) is 0 Å². The molecule has 1 aromatic carbocycles. The summed E-state index contributed by atoms with van der Waals surface area (Å²) < 4.78 is 5.16. The lowest BCUT2D eigenvalue weighted by Gasteiger charge is -2.21. The molecule has 6 heteroatoms. The quantitative estimate of drug-likeness (QED) is 0.869. The number of primary amides is 1. The van der Waals surface area contributed by atoms with Crippen molar-refractivity contribution in [1.82, 2.24) is 9.88 Å². The van der Waals surface area contributed by atoms with Gasteiger partial charge in [-0.1, -0.05) is 18.2 Å². The lowest BCUT2D eigenvalue weighted by Crippen LogP contribution is -2.38. The van der Waals surface area contributed by atoms with Crippen LogP contribution in [0.2, 0.25) is 0 Å². The number of hydrogen-bond acceptors (Lipinski definition) is 4. The zero-order chi connectivity index (χ0) is 15.9. The number of amides is 2. The minimum Gasteiger partial charge on any atom is -0.497 e. The summed E-state index contributed by atoms with van der Waals surface area (Å²) in [5, 5.41) is 0. The highest BCUT2D eigenvalue weighted by Crippen LogP contribution is 2.15. The molecule has 0 aliphatic carbocycles. The molecule has 1 heterocycles. The second-order valence-corrected chi connectivity index (χ2v) is 4.69. The van der Waals surface area contributed by atoms with Gasteiger partial charge in [-0.3, -0.25) is 14.6 Å². The third kappa shape index (κ3) is 4.05. The molecule has 0 saturated carbocycles. The van der Waals surface area contributed by atoms with Gasteiger partial charge in [0.2, 0.25) is 5.91 Å². The number of hydrogen-bond donors (Lipinski definition) is 1. The van der Waals surface area contributed by atoms with Crippen LogP contribution < -0.4 is 10.5 Å². The Bertz CT molecular complexity index is 659. The van der Waals surface area contributed by atoms with E-state index in [1.807, 2.05) is 18.2 Å². The predicted molar refractivity (Wildman–Crippen MR) is 81.2 cm³/mol. The van der Waals surface area contributed by atoms with E-state index >= 15 is 0 Å². The van der Waals surface area contributed by atoms with E-state index in [9.17, 15) is 9.59 Å². The maximum Gasteiger partial charge on any atom is 0.273 e. The molecule has 114 valence electrons. The van der Waals surface area contributed by atoms with Gasteiger partial charge in [-0.25, -0.2) is 0 Å². The molecule has 0 aliphatic heterocycles. The van der Waals surface area contributed by atoms with E-state index in [2.05, 4.69) is 4.98 Å². The van der Waals surface area contributed by atoms with Gasteiger partial charge < -0.3 is 15.4 Å². The zero-order valence-electron chi connectivity index (χ0n) is 12.2. The average Bonchev–Trinajstić information content (AvgIpc) is 2.54. The Hall–Kier alpha value is -2.89. The molecule has 0 unspecified atom stereocenters. The summed E-state index contributed by atoms with van der Waals surface area (Å²) in [5.74, 6) is -0.240. The summed E-state index contributed by atoms with van der Waals surface area (Å²) in [6, 6.07) is 12.3. The van der Waals surface area contributed by atoms with Gasteiger partial charge in [0, 0.05) is 12.7 Å². The highest BCUT2D eigenvalue weighted by Gasteiger charge is 2.19. The first-order chi connectivity index (χ1) is 10.6. The van der Waals surface area contributed by atoms with Crippen LogP contribution in [0.4, 0.5) is 0 Å². The molecule has 2 amide bonds. The van der Waals surface area contributed by atoms with E-state index < -0.39 is 5.91 Å². The second kappa shape index (κ2) is 7.21. The number of benzene rings is 1. The number of pyridine rings is 1. The maximum atomic E-state index is 12.5. The van der Waals surface area contributed by atoms with Crippen molar-refractivity contribution in [2.24, 2.45) is 5.73 Å².